The molecule has 1 atom stereocenters. The van der Waals surface area contributed by atoms with E-state index in [-0.39, 0.29) is 41.8 Å². The number of ether oxygens (including phenoxy) is 2. The lowest BCUT2D eigenvalue weighted by Crippen LogP contribution is -2.61. The smallest absolute Gasteiger partial charge is 0.419 e. The average molecular weight is 495 g/mol. The average Bonchev–Trinajstić information content (AvgIpc) is 2.83. The molecule has 1 fully saturated rings. The SMILES string of the molecule is CCC(=O)NC1(C(=O)NCc2ccc(Oc3ccc(C(C)O)cc3C(F)(F)F)cc2)CCOCC1. The molecule has 10 heteroatoms. The monoisotopic (exact) mass is 494 g/mol. The summed E-state index contributed by atoms with van der Waals surface area (Å²) < 4.78 is 51.3. The van der Waals surface area contributed by atoms with Gasteiger partial charge in [0.2, 0.25) is 11.8 Å². The summed E-state index contributed by atoms with van der Waals surface area (Å²) in [7, 11) is 0. The van der Waals surface area contributed by atoms with Crippen LogP contribution < -0.4 is 15.4 Å². The van der Waals surface area contributed by atoms with E-state index in [9.17, 15) is 27.9 Å². The number of rotatable bonds is 8. The Morgan fingerprint density at radius 2 is 1.80 bits per heavy atom. The molecule has 3 rings (SSSR count). The number of nitrogens with one attached hydrogen (secondary N) is 2. The molecule has 2 amide bonds. The molecule has 0 aliphatic carbocycles. The van der Waals surface area contributed by atoms with Crippen LogP contribution in [-0.2, 0) is 27.0 Å². The molecule has 0 radical (unpaired) electrons. The highest BCUT2D eigenvalue weighted by atomic mass is 19.4. The third-order valence-electron chi connectivity index (χ3n) is 5.88. The summed E-state index contributed by atoms with van der Waals surface area (Å²) in [5, 5.41) is 15.3. The molecule has 7 nitrogen and oxygen atoms in total. The zero-order valence-electron chi connectivity index (χ0n) is 19.6. The lowest BCUT2D eigenvalue weighted by Gasteiger charge is -2.36. The molecule has 35 heavy (non-hydrogen) atoms. The van der Waals surface area contributed by atoms with E-state index in [2.05, 4.69) is 10.6 Å². The highest BCUT2D eigenvalue weighted by Gasteiger charge is 2.41. The second kappa shape index (κ2) is 11.1. The maximum absolute atomic E-state index is 13.5. The fourth-order valence-corrected chi connectivity index (χ4v) is 3.76. The standard InChI is InChI=1S/C25H29F3N2O5/c1-3-22(32)30-24(10-12-34-13-11-24)23(33)29-15-17-4-7-19(8-5-17)35-21-9-6-18(16(2)31)14-20(21)25(26,27)28/h4-9,14,16,31H,3,10-13,15H2,1-2H3,(H,29,33)(H,30,32). The number of amides is 2. The summed E-state index contributed by atoms with van der Waals surface area (Å²) in [6.45, 7) is 3.99. The lowest BCUT2D eigenvalue weighted by molar-refractivity contribution is -0.138. The van der Waals surface area contributed by atoms with Crippen molar-refractivity contribution in [2.24, 2.45) is 0 Å². The Balaban J connectivity index is 1.68. The Morgan fingerprint density at radius 1 is 1.14 bits per heavy atom. The number of carbonyl (C=O) groups excluding carboxylic acids is 2. The molecule has 2 aromatic carbocycles. The van der Waals surface area contributed by atoms with E-state index in [4.69, 9.17) is 9.47 Å². The predicted molar refractivity (Wildman–Crippen MR) is 122 cm³/mol. The van der Waals surface area contributed by atoms with E-state index in [0.717, 1.165) is 6.07 Å². The van der Waals surface area contributed by atoms with E-state index in [1.807, 2.05) is 0 Å². The number of hydrogen-bond donors (Lipinski definition) is 3. The van der Waals surface area contributed by atoms with Crippen molar-refractivity contribution in [3.05, 3.63) is 59.2 Å². The van der Waals surface area contributed by atoms with Gasteiger partial charge in [-0.05, 0) is 42.3 Å². The molecule has 0 saturated carbocycles. The molecule has 1 aliphatic heterocycles. The van der Waals surface area contributed by atoms with Gasteiger partial charge in [0.15, 0.2) is 0 Å². The number of alkyl halides is 3. The fourth-order valence-electron chi connectivity index (χ4n) is 3.76. The summed E-state index contributed by atoms with van der Waals surface area (Å²) in [5.41, 5.74) is -1.17. The van der Waals surface area contributed by atoms with Crippen LogP contribution in [0.5, 0.6) is 11.5 Å². The molecular formula is C25H29F3N2O5. The van der Waals surface area contributed by atoms with Gasteiger partial charge in [-0.1, -0.05) is 25.1 Å². The lowest BCUT2D eigenvalue weighted by atomic mass is 9.88. The van der Waals surface area contributed by atoms with Gasteiger partial charge in [0, 0.05) is 39.0 Å². The highest BCUT2D eigenvalue weighted by molar-refractivity contribution is 5.91. The third kappa shape index (κ3) is 6.73. The van der Waals surface area contributed by atoms with Gasteiger partial charge in [0.25, 0.3) is 0 Å². The van der Waals surface area contributed by atoms with Crippen molar-refractivity contribution in [2.45, 2.75) is 57.5 Å². The van der Waals surface area contributed by atoms with Gasteiger partial charge in [-0.25, -0.2) is 0 Å². The van der Waals surface area contributed by atoms with E-state index < -0.39 is 23.4 Å². The van der Waals surface area contributed by atoms with Crippen molar-refractivity contribution in [2.75, 3.05) is 13.2 Å². The summed E-state index contributed by atoms with van der Waals surface area (Å²) in [5.74, 6) is -0.721. The number of hydrogen-bond acceptors (Lipinski definition) is 5. The zero-order chi connectivity index (χ0) is 25.6. The first kappa shape index (κ1) is 26.5. The van der Waals surface area contributed by atoms with Crippen molar-refractivity contribution in [3.8, 4) is 11.5 Å². The molecule has 1 heterocycles. The summed E-state index contributed by atoms with van der Waals surface area (Å²) in [4.78, 5) is 24.9. The molecule has 0 aromatic heterocycles. The number of aliphatic hydroxyl groups is 1. The van der Waals surface area contributed by atoms with Crippen LogP contribution in [0.3, 0.4) is 0 Å². The quantitative estimate of drug-likeness (QED) is 0.510. The van der Waals surface area contributed by atoms with E-state index >= 15 is 0 Å². The molecule has 190 valence electrons. The van der Waals surface area contributed by atoms with Crippen LogP contribution in [0, 0.1) is 0 Å². The number of halogens is 3. The van der Waals surface area contributed by atoms with Crippen LogP contribution in [0.25, 0.3) is 0 Å². The van der Waals surface area contributed by atoms with Crippen LogP contribution >= 0.6 is 0 Å². The van der Waals surface area contributed by atoms with Gasteiger partial charge >= 0.3 is 6.18 Å². The topological polar surface area (TPSA) is 96.9 Å². The molecule has 1 unspecified atom stereocenters. The Labute approximate surface area is 201 Å². The Kier molecular flexibility index (Phi) is 8.39. The Morgan fingerprint density at radius 3 is 2.37 bits per heavy atom. The largest absolute Gasteiger partial charge is 0.457 e. The highest BCUT2D eigenvalue weighted by Crippen LogP contribution is 2.39. The second-order valence-corrected chi connectivity index (χ2v) is 8.45. The molecule has 1 aliphatic rings. The molecule has 0 spiro atoms. The number of carbonyl (C=O) groups is 2. The van der Waals surface area contributed by atoms with Gasteiger partial charge in [-0.2, -0.15) is 13.2 Å². The van der Waals surface area contributed by atoms with E-state index in [0.29, 0.717) is 31.6 Å². The van der Waals surface area contributed by atoms with Crippen molar-refractivity contribution < 1.29 is 37.3 Å². The molecule has 3 N–H and O–H groups in total. The fraction of sp³-hybridized carbons (Fsp3) is 0.440. The van der Waals surface area contributed by atoms with Gasteiger partial charge in [-0.3, -0.25) is 9.59 Å². The summed E-state index contributed by atoms with van der Waals surface area (Å²) >= 11 is 0. The van der Waals surface area contributed by atoms with Crippen LogP contribution in [0.2, 0.25) is 0 Å². The van der Waals surface area contributed by atoms with Crippen molar-refractivity contribution in [3.63, 3.8) is 0 Å². The van der Waals surface area contributed by atoms with Crippen LogP contribution in [-0.4, -0.2) is 35.7 Å². The zero-order valence-corrected chi connectivity index (χ0v) is 19.6. The predicted octanol–water partition coefficient (Wildman–Crippen LogP) is 4.24. The minimum Gasteiger partial charge on any atom is -0.457 e. The van der Waals surface area contributed by atoms with E-state index in [1.165, 1.54) is 31.2 Å². The molecular weight excluding hydrogens is 465 g/mol. The maximum Gasteiger partial charge on any atom is 0.419 e. The van der Waals surface area contributed by atoms with Gasteiger partial charge in [0.05, 0.1) is 11.7 Å². The maximum atomic E-state index is 13.5. The first-order valence-corrected chi connectivity index (χ1v) is 11.4. The van der Waals surface area contributed by atoms with Crippen molar-refractivity contribution in [1.29, 1.82) is 0 Å². The summed E-state index contributed by atoms with van der Waals surface area (Å²) in [6.07, 6.45) is -4.71. The number of aliphatic hydroxyl groups excluding tert-OH is 1. The minimum absolute atomic E-state index is 0.133. The normalized spacial score (nSPS) is 16.3. The number of benzene rings is 2. The molecule has 1 saturated heterocycles. The van der Waals surface area contributed by atoms with Crippen molar-refractivity contribution >= 4 is 11.8 Å². The van der Waals surface area contributed by atoms with Crippen LogP contribution in [0.15, 0.2) is 42.5 Å². The molecule has 2 aromatic rings. The second-order valence-electron chi connectivity index (χ2n) is 8.45. The third-order valence-corrected chi connectivity index (χ3v) is 5.88. The Hall–Kier alpha value is -3.11. The first-order chi connectivity index (χ1) is 16.5. The van der Waals surface area contributed by atoms with Crippen molar-refractivity contribution in [1.82, 2.24) is 10.6 Å². The minimum atomic E-state index is -4.65. The summed E-state index contributed by atoms with van der Waals surface area (Å²) in [6, 6.07) is 9.70. The van der Waals surface area contributed by atoms with Gasteiger partial charge in [-0.15, -0.1) is 0 Å². The Bertz CT molecular complexity index is 1030. The molecule has 0 bridgehead atoms. The first-order valence-electron chi connectivity index (χ1n) is 11.4. The van der Waals surface area contributed by atoms with Crippen LogP contribution in [0.4, 0.5) is 13.2 Å². The van der Waals surface area contributed by atoms with Crippen LogP contribution in [0.1, 0.15) is 55.9 Å². The van der Waals surface area contributed by atoms with Gasteiger partial charge < -0.3 is 25.2 Å². The van der Waals surface area contributed by atoms with E-state index in [1.54, 1.807) is 19.1 Å². The van der Waals surface area contributed by atoms with Gasteiger partial charge in [0.1, 0.15) is 17.0 Å².